The number of anilines is 1. The van der Waals surface area contributed by atoms with E-state index in [0.717, 1.165) is 12.8 Å². The van der Waals surface area contributed by atoms with Crippen LogP contribution < -0.4 is 9.64 Å². The Bertz CT molecular complexity index is 578. The van der Waals surface area contributed by atoms with Crippen molar-refractivity contribution in [1.29, 1.82) is 0 Å². The third-order valence-electron chi connectivity index (χ3n) is 4.36. The number of amides is 2. The second kappa shape index (κ2) is 9.97. The van der Waals surface area contributed by atoms with Crippen LogP contribution in [0.25, 0.3) is 0 Å². The summed E-state index contributed by atoms with van der Waals surface area (Å²) in [5.41, 5.74) is 0.527. The van der Waals surface area contributed by atoms with Gasteiger partial charge in [0.2, 0.25) is 11.8 Å². The molecular formula is C20H27NO4. The number of unbranched alkanes of at least 4 members (excludes halogenated alkanes) is 6. The van der Waals surface area contributed by atoms with Crippen molar-refractivity contribution in [2.45, 2.75) is 71.1 Å². The Morgan fingerprint density at radius 3 is 2.08 bits per heavy atom. The molecule has 0 unspecified atom stereocenters. The maximum absolute atomic E-state index is 11.9. The van der Waals surface area contributed by atoms with E-state index in [1.165, 1.54) is 37.0 Å². The molecule has 5 nitrogen and oxygen atoms in total. The van der Waals surface area contributed by atoms with Crippen LogP contribution in [0.4, 0.5) is 5.69 Å². The summed E-state index contributed by atoms with van der Waals surface area (Å²) in [6.07, 6.45) is 9.03. The molecule has 0 saturated carbocycles. The van der Waals surface area contributed by atoms with E-state index >= 15 is 0 Å². The van der Waals surface area contributed by atoms with Crippen molar-refractivity contribution in [2.75, 3.05) is 4.90 Å². The van der Waals surface area contributed by atoms with Gasteiger partial charge < -0.3 is 4.74 Å². The van der Waals surface area contributed by atoms with Crippen LogP contribution in [0.15, 0.2) is 24.3 Å². The molecule has 1 heterocycles. The van der Waals surface area contributed by atoms with Gasteiger partial charge in [-0.15, -0.1) is 0 Å². The quantitative estimate of drug-likeness (QED) is 0.273. The minimum atomic E-state index is -0.241. The summed E-state index contributed by atoms with van der Waals surface area (Å²) >= 11 is 0. The van der Waals surface area contributed by atoms with Crippen molar-refractivity contribution in [2.24, 2.45) is 0 Å². The lowest BCUT2D eigenvalue weighted by atomic mass is 10.1. The predicted molar refractivity (Wildman–Crippen MR) is 96.4 cm³/mol. The number of carbonyl (C=O) groups excluding carboxylic acids is 3. The van der Waals surface area contributed by atoms with Gasteiger partial charge >= 0.3 is 5.97 Å². The molecular weight excluding hydrogens is 318 g/mol. The molecule has 1 fully saturated rings. The summed E-state index contributed by atoms with van der Waals surface area (Å²) in [6.45, 7) is 2.20. The van der Waals surface area contributed by atoms with Crippen LogP contribution >= 0.6 is 0 Å². The highest BCUT2D eigenvalue weighted by atomic mass is 16.5. The molecule has 0 bridgehead atoms. The van der Waals surface area contributed by atoms with Crippen LogP contribution in [0, 0.1) is 0 Å². The van der Waals surface area contributed by atoms with Gasteiger partial charge in [-0.25, -0.2) is 0 Å². The number of carbonyl (C=O) groups is 3. The van der Waals surface area contributed by atoms with E-state index in [1.807, 2.05) is 0 Å². The van der Waals surface area contributed by atoms with Crippen molar-refractivity contribution >= 4 is 23.5 Å². The van der Waals surface area contributed by atoms with Crippen molar-refractivity contribution in [3.05, 3.63) is 24.3 Å². The molecule has 1 aliphatic heterocycles. The number of benzene rings is 1. The number of imide groups is 1. The number of hydrogen-bond acceptors (Lipinski definition) is 4. The summed E-state index contributed by atoms with van der Waals surface area (Å²) in [7, 11) is 0. The summed E-state index contributed by atoms with van der Waals surface area (Å²) < 4.78 is 5.30. The molecule has 1 aromatic rings. The first-order valence-electron chi connectivity index (χ1n) is 9.28. The highest BCUT2D eigenvalue weighted by Gasteiger charge is 2.30. The molecule has 25 heavy (non-hydrogen) atoms. The Kier molecular flexibility index (Phi) is 7.64. The predicted octanol–water partition coefficient (Wildman–Crippen LogP) is 4.39. The number of rotatable bonds is 10. The molecule has 0 spiro atoms. The monoisotopic (exact) mass is 345 g/mol. The van der Waals surface area contributed by atoms with E-state index in [4.69, 9.17) is 4.74 Å². The highest BCUT2D eigenvalue weighted by Crippen LogP contribution is 2.25. The summed E-state index contributed by atoms with van der Waals surface area (Å²) in [6, 6.07) is 6.52. The van der Waals surface area contributed by atoms with E-state index < -0.39 is 0 Å². The van der Waals surface area contributed by atoms with Gasteiger partial charge in [-0.05, 0) is 30.7 Å². The van der Waals surface area contributed by atoms with Crippen molar-refractivity contribution in [3.8, 4) is 5.75 Å². The Hall–Kier alpha value is -2.17. The van der Waals surface area contributed by atoms with E-state index in [-0.39, 0.29) is 30.6 Å². The zero-order valence-corrected chi connectivity index (χ0v) is 15.0. The Balaban J connectivity index is 1.71. The zero-order valence-electron chi connectivity index (χ0n) is 15.0. The maximum atomic E-state index is 11.9. The zero-order chi connectivity index (χ0) is 18.1. The average Bonchev–Trinajstić information content (AvgIpc) is 2.93. The maximum Gasteiger partial charge on any atom is 0.311 e. The largest absolute Gasteiger partial charge is 0.427 e. The lowest BCUT2D eigenvalue weighted by molar-refractivity contribution is -0.134. The van der Waals surface area contributed by atoms with Gasteiger partial charge in [0.05, 0.1) is 5.69 Å². The lowest BCUT2D eigenvalue weighted by Gasteiger charge is -2.14. The minimum Gasteiger partial charge on any atom is -0.427 e. The minimum absolute atomic E-state index is 0.186. The van der Waals surface area contributed by atoms with E-state index in [1.54, 1.807) is 24.3 Å². The molecule has 0 radical (unpaired) electrons. The number of nitrogens with zero attached hydrogens (tertiary/aromatic N) is 1. The SMILES string of the molecule is CCCCCCCCCC(=O)Oc1ccc(N2C(=O)CCC2=O)cc1. The molecule has 136 valence electrons. The van der Waals surface area contributed by atoms with Gasteiger partial charge in [0.25, 0.3) is 0 Å². The molecule has 5 heteroatoms. The van der Waals surface area contributed by atoms with Gasteiger partial charge in [0, 0.05) is 19.3 Å². The fourth-order valence-electron chi connectivity index (χ4n) is 2.94. The molecule has 1 aromatic carbocycles. The third-order valence-corrected chi connectivity index (χ3v) is 4.36. The molecule has 0 aliphatic carbocycles. The summed E-state index contributed by atoms with van der Waals surface area (Å²) in [5.74, 6) is -0.173. The second-order valence-corrected chi connectivity index (χ2v) is 6.46. The first-order chi connectivity index (χ1) is 12.1. The number of hydrogen-bond donors (Lipinski definition) is 0. The van der Waals surface area contributed by atoms with Gasteiger partial charge in [-0.3, -0.25) is 19.3 Å². The van der Waals surface area contributed by atoms with Crippen molar-refractivity contribution < 1.29 is 19.1 Å². The fraction of sp³-hybridized carbons (Fsp3) is 0.550. The molecule has 1 aliphatic rings. The molecule has 0 atom stereocenters. The average molecular weight is 345 g/mol. The second-order valence-electron chi connectivity index (χ2n) is 6.46. The van der Waals surface area contributed by atoms with E-state index in [2.05, 4.69) is 6.92 Å². The molecule has 2 rings (SSSR count). The third kappa shape index (κ3) is 6.00. The Morgan fingerprint density at radius 1 is 0.920 bits per heavy atom. The van der Waals surface area contributed by atoms with Gasteiger partial charge in [0.1, 0.15) is 5.75 Å². The van der Waals surface area contributed by atoms with Crippen LogP contribution in [0.5, 0.6) is 5.75 Å². The van der Waals surface area contributed by atoms with Crippen molar-refractivity contribution in [3.63, 3.8) is 0 Å². The molecule has 2 amide bonds. The number of esters is 1. The standard InChI is InChI=1S/C20H27NO4/c1-2-3-4-5-6-7-8-9-20(24)25-17-12-10-16(11-13-17)21-18(22)14-15-19(21)23/h10-13H,2-9,14-15H2,1H3. The van der Waals surface area contributed by atoms with E-state index in [0.29, 0.717) is 17.9 Å². The highest BCUT2D eigenvalue weighted by molar-refractivity contribution is 6.19. The molecule has 1 saturated heterocycles. The topological polar surface area (TPSA) is 63.7 Å². The van der Waals surface area contributed by atoms with Crippen LogP contribution in [0.1, 0.15) is 71.1 Å². The molecule has 0 aromatic heterocycles. The van der Waals surface area contributed by atoms with Crippen molar-refractivity contribution in [1.82, 2.24) is 0 Å². The Labute approximate surface area is 149 Å². The fourth-order valence-corrected chi connectivity index (χ4v) is 2.94. The van der Waals surface area contributed by atoms with Crippen LogP contribution in [0.2, 0.25) is 0 Å². The first-order valence-corrected chi connectivity index (χ1v) is 9.28. The van der Waals surface area contributed by atoms with E-state index in [9.17, 15) is 14.4 Å². The van der Waals surface area contributed by atoms with Gasteiger partial charge in [-0.1, -0.05) is 45.4 Å². The van der Waals surface area contributed by atoms with Gasteiger partial charge in [-0.2, -0.15) is 0 Å². The normalized spacial score (nSPS) is 14.2. The number of ether oxygens (including phenoxy) is 1. The first kappa shape index (κ1) is 19.2. The lowest BCUT2D eigenvalue weighted by Crippen LogP contribution is -2.28. The smallest absolute Gasteiger partial charge is 0.311 e. The van der Waals surface area contributed by atoms with Crippen LogP contribution in [0.3, 0.4) is 0 Å². The summed E-state index contributed by atoms with van der Waals surface area (Å²) in [5, 5.41) is 0. The van der Waals surface area contributed by atoms with Gasteiger partial charge in [0.15, 0.2) is 0 Å². The summed E-state index contributed by atoms with van der Waals surface area (Å²) in [4.78, 5) is 36.4. The Morgan fingerprint density at radius 2 is 1.48 bits per heavy atom. The van der Waals surface area contributed by atoms with Crippen LogP contribution in [-0.2, 0) is 14.4 Å². The van der Waals surface area contributed by atoms with Crippen LogP contribution in [-0.4, -0.2) is 17.8 Å². The molecule has 0 N–H and O–H groups in total.